The Morgan fingerprint density at radius 3 is 2.70 bits per heavy atom. The number of carbonyl (C=O) groups excluding carboxylic acids is 1. The molecule has 0 spiro atoms. The molecule has 0 aromatic heterocycles. The van der Waals surface area contributed by atoms with E-state index in [0.29, 0.717) is 49.9 Å². The number of carboxylic acid groups (broad SMARTS) is 1. The van der Waals surface area contributed by atoms with E-state index in [1.54, 1.807) is 17.0 Å². The van der Waals surface area contributed by atoms with Gasteiger partial charge >= 0.3 is 12.0 Å². The topological polar surface area (TPSA) is 78.9 Å². The van der Waals surface area contributed by atoms with Crippen molar-refractivity contribution in [2.24, 2.45) is 5.92 Å². The average molecular weight is 341 g/mol. The lowest BCUT2D eigenvalue weighted by Crippen LogP contribution is -2.45. The standard InChI is InChI=1S/C16H21ClN2O4/c1-2-23-14-9-13(17)4-3-12(14)10-18-16(22)19-7-5-11(6-8-19)15(20)21/h3-4,9,11H,2,5-8,10H2,1H3,(H,18,22)(H,20,21). The average Bonchev–Trinajstić information content (AvgIpc) is 2.54. The molecule has 1 aliphatic heterocycles. The van der Waals surface area contributed by atoms with Crippen molar-refractivity contribution in [2.45, 2.75) is 26.3 Å². The number of nitrogens with zero attached hydrogens (tertiary/aromatic N) is 1. The summed E-state index contributed by atoms with van der Waals surface area (Å²) >= 11 is 5.95. The van der Waals surface area contributed by atoms with E-state index < -0.39 is 5.97 Å². The Kier molecular flexibility index (Phi) is 6.10. The van der Waals surface area contributed by atoms with E-state index in [-0.39, 0.29) is 11.9 Å². The minimum atomic E-state index is -0.785. The number of hydrogen-bond acceptors (Lipinski definition) is 3. The van der Waals surface area contributed by atoms with Crippen molar-refractivity contribution < 1.29 is 19.4 Å². The summed E-state index contributed by atoms with van der Waals surface area (Å²) in [5.41, 5.74) is 0.852. The molecule has 6 nitrogen and oxygen atoms in total. The number of urea groups is 1. The van der Waals surface area contributed by atoms with Gasteiger partial charge in [-0.2, -0.15) is 0 Å². The lowest BCUT2D eigenvalue weighted by Gasteiger charge is -2.30. The Hall–Kier alpha value is -1.95. The second kappa shape index (κ2) is 8.06. The van der Waals surface area contributed by atoms with Crippen LogP contribution in [0.15, 0.2) is 18.2 Å². The van der Waals surface area contributed by atoms with E-state index >= 15 is 0 Å². The summed E-state index contributed by atoms with van der Waals surface area (Å²) in [6, 6.07) is 5.12. The molecule has 1 fully saturated rings. The number of rotatable bonds is 5. The second-order valence-corrected chi connectivity index (χ2v) is 5.88. The summed E-state index contributed by atoms with van der Waals surface area (Å²) in [6.45, 7) is 3.66. The molecule has 1 heterocycles. The fraction of sp³-hybridized carbons (Fsp3) is 0.500. The van der Waals surface area contributed by atoms with Crippen LogP contribution >= 0.6 is 11.6 Å². The highest BCUT2D eigenvalue weighted by atomic mass is 35.5. The number of carboxylic acids is 1. The van der Waals surface area contributed by atoms with Crippen LogP contribution in [0.4, 0.5) is 4.79 Å². The molecule has 7 heteroatoms. The summed E-state index contributed by atoms with van der Waals surface area (Å²) in [5.74, 6) is -0.475. The van der Waals surface area contributed by atoms with Gasteiger partial charge in [0.15, 0.2) is 0 Å². The van der Waals surface area contributed by atoms with Crippen molar-refractivity contribution in [1.29, 1.82) is 0 Å². The lowest BCUT2D eigenvalue weighted by molar-refractivity contribution is -0.143. The van der Waals surface area contributed by atoms with Gasteiger partial charge < -0.3 is 20.1 Å². The van der Waals surface area contributed by atoms with Gasteiger partial charge in [0.05, 0.1) is 12.5 Å². The zero-order valence-corrected chi connectivity index (χ0v) is 13.8. The molecule has 0 aliphatic carbocycles. The first kappa shape index (κ1) is 17.4. The minimum Gasteiger partial charge on any atom is -0.493 e. The molecule has 23 heavy (non-hydrogen) atoms. The van der Waals surface area contributed by atoms with Crippen molar-refractivity contribution >= 4 is 23.6 Å². The monoisotopic (exact) mass is 340 g/mol. The summed E-state index contributed by atoms with van der Waals surface area (Å²) in [4.78, 5) is 24.8. The molecule has 1 aromatic carbocycles. The first-order valence-corrected chi connectivity index (χ1v) is 8.06. The second-order valence-electron chi connectivity index (χ2n) is 5.44. The highest BCUT2D eigenvalue weighted by Crippen LogP contribution is 2.23. The van der Waals surface area contributed by atoms with E-state index in [4.69, 9.17) is 21.4 Å². The Bertz CT molecular complexity index is 571. The zero-order valence-electron chi connectivity index (χ0n) is 13.0. The molecule has 2 N–H and O–H groups in total. The Labute approximate surface area is 140 Å². The highest BCUT2D eigenvalue weighted by Gasteiger charge is 2.26. The normalized spacial score (nSPS) is 15.3. The molecule has 0 radical (unpaired) electrons. The third-order valence-corrected chi connectivity index (χ3v) is 4.13. The first-order valence-electron chi connectivity index (χ1n) is 7.68. The van der Waals surface area contributed by atoms with E-state index in [1.807, 2.05) is 13.0 Å². The Morgan fingerprint density at radius 1 is 1.39 bits per heavy atom. The van der Waals surface area contributed by atoms with Gasteiger partial charge in [0.25, 0.3) is 0 Å². The quantitative estimate of drug-likeness (QED) is 0.863. The van der Waals surface area contributed by atoms with Crippen molar-refractivity contribution in [1.82, 2.24) is 10.2 Å². The molecular formula is C16H21ClN2O4. The molecule has 1 aromatic rings. The van der Waals surface area contributed by atoms with E-state index in [9.17, 15) is 9.59 Å². The number of halogens is 1. The van der Waals surface area contributed by atoms with Crippen LogP contribution in [-0.2, 0) is 11.3 Å². The number of ether oxygens (including phenoxy) is 1. The number of amides is 2. The van der Waals surface area contributed by atoms with Gasteiger partial charge in [0.2, 0.25) is 0 Å². The molecule has 0 bridgehead atoms. The van der Waals surface area contributed by atoms with Gasteiger partial charge in [0, 0.05) is 30.2 Å². The lowest BCUT2D eigenvalue weighted by atomic mass is 9.97. The fourth-order valence-corrected chi connectivity index (χ4v) is 2.74. The minimum absolute atomic E-state index is 0.189. The fourth-order valence-electron chi connectivity index (χ4n) is 2.58. The number of carbonyl (C=O) groups is 2. The molecule has 0 saturated carbocycles. The number of benzene rings is 1. The third kappa shape index (κ3) is 4.76. The zero-order chi connectivity index (χ0) is 16.8. The maximum absolute atomic E-state index is 12.2. The third-order valence-electron chi connectivity index (χ3n) is 3.89. The van der Waals surface area contributed by atoms with E-state index in [0.717, 1.165) is 5.56 Å². The van der Waals surface area contributed by atoms with Crippen molar-refractivity contribution in [3.05, 3.63) is 28.8 Å². The van der Waals surface area contributed by atoms with Gasteiger partial charge in [-0.05, 0) is 31.9 Å². The van der Waals surface area contributed by atoms with Gasteiger partial charge in [0.1, 0.15) is 5.75 Å². The number of nitrogens with one attached hydrogen (secondary N) is 1. The van der Waals surface area contributed by atoms with Crippen LogP contribution in [0.5, 0.6) is 5.75 Å². The smallest absolute Gasteiger partial charge is 0.317 e. The predicted octanol–water partition coefficient (Wildman–Crippen LogP) is 2.74. The number of piperidine rings is 1. The number of aliphatic carboxylic acids is 1. The molecule has 0 atom stereocenters. The molecule has 126 valence electrons. The van der Waals surface area contributed by atoms with Crippen molar-refractivity contribution in [3.63, 3.8) is 0 Å². The summed E-state index contributed by atoms with van der Waals surface area (Å²) in [6.07, 6.45) is 0.988. The van der Waals surface area contributed by atoms with Crippen LogP contribution in [0.1, 0.15) is 25.3 Å². The van der Waals surface area contributed by atoms with Crippen molar-refractivity contribution in [2.75, 3.05) is 19.7 Å². The molecule has 1 aliphatic rings. The van der Waals surface area contributed by atoms with Gasteiger partial charge in [-0.25, -0.2) is 4.79 Å². The summed E-state index contributed by atoms with van der Waals surface area (Å²) in [5, 5.41) is 12.4. The maximum atomic E-state index is 12.2. The molecule has 1 saturated heterocycles. The largest absolute Gasteiger partial charge is 0.493 e. The number of hydrogen-bond donors (Lipinski definition) is 2. The summed E-state index contributed by atoms with van der Waals surface area (Å²) in [7, 11) is 0. The van der Waals surface area contributed by atoms with Crippen LogP contribution in [0, 0.1) is 5.92 Å². The van der Waals surface area contributed by atoms with Crippen LogP contribution < -0.4 is 10.1 Å². The first-order chi connectivity index (χ1) is 11.0. The number of likely N-dealkylation sites (tertiary alicyclic amines) is 1. The predicted molar refractivity (Wildman–Crippen MR) is 86.8 cm³/mol. The van der Waals surface area contributed by atoms with Gasteiger partial charge in [-0.1, -0.05) is 17.7 Å². The van der Waals surface area contributed by atoms with Crippen LogP contribution in [0.3, 0.4) is 0 Å². The van der Waals surface area contributed by atoms with Crippen LogP contribution in [-0.4, -0.2) is 41.7 Å². The van der Waals surface area contributed by atoms with Crippen LogP contribution in [0.25, 0.3) is 0 Å². The Balaban J connectivity index is 1.89. The highest BCUT2D eigenvalue weighted by molar-refractivity contribution is 6.30. The van der Waals surface area contributed by atoms with E-state index in [1.165, 1.54) is 0 Å². The van der Waals surface area contributed by atoms with E-state index in [2.05, 4.69) is 5.32 Å². The van der Waals surface area contributed by atoms with Gasteiger partial charge in [-0.3, -0.25) is 4.79 Å². The van der Waals surface area contributed by atoms with Gasteiger partial charge in [-0.15, -0.1) is 0 Å². The maximum Gasteiger partial charge on any atom is 0.317 e. The van der Waals surface area contributed by atoms with Crippen LogP contribution in [0.2, 0.25) is 5.02 Å². The van der Waals surface area contributed by atoms with Crippen molar-refractivity contribution in [3.8, 4) is 5.75 Å². The summed E-state index contributed by atoms with van der Waals surface area (Å²) < 4.78 is 5.52. The molecular weight excluding hydrogens is 320 g/mol. The Morgan fingerprint density at radius 2 is 2.09 bits per heavy atom. The molecule has 2 rings (SSSR count). The molecule has 2 amide bonds. The SMILES string of the molecule is CCOc1cc(Cl)ccc1CNC(=O)N1CCC(C(=O)O)CC1. The molecule has 0 unspecified atom stereocenters.